The second-order valence-corrected chi connectivity index (χ2v) is 8.79. The number of aromatic nitrogens is 3. The highest BCUT2D eigenvalue weighted by Gasteiger charge is 2.17. The van der Waals surface area contributed by atoms with E-state index in [1.54, 1.807) is 4.68 Å². The van der Waals surface area contributed by atoms with Gasteiger partial charge in [-0.2, -0.15) is 5.10 Å². The van der Waals surface area contributed by atoms with Crippen LogP contribution < -0.4 is 4.74 Å². The van der Waals surface area contributed by atoms with E-state index in [4.69, 9.17) is 17.0 Å². The van der Waals surface area contributed by atoms with Crippen molar-refractivity contribution < 1.29 is 9.53 Å². The van der Waals surface area contributed by atoms with Gasteiger partial charge in [0.1, 0.15) is 18.9 Å². The fourth-order valence-electron chi connectivity index (χ4n) is 3.35. The number of ketones is 1. The highest BCUT2D eigenvalue weighted by molar-refractivity contribution is 9.10. The molecule has 3 aromatic carbocycles. The highest BCUT2D eigenvalue weighted by atomic mass is 79.9. The van der Waals surface area contributed by atoms with Gasteiger partial charge in [0.15, 0.2) is 11.6 Å². The van der Waals surface area contributed by atoms with E-state index in [9.17, 15) is 4.79 Å². The number of hydrogen-bond acceptors (Lipinski definition) is 4. The van der Waals surface area contributed by atoms with Gasteiger partial charge in [0.25, 0.3) is 0 Å². The van der Waals surface area contributed by atoms with Gasteiger partial charge in [0.2, 0.25) is 4.77 Å². The van der Waals surface area contributed by atoms with E-state index in [1.807, 2.05) is 91.2 Å². The Hall–Kier alpha value is -3.03. The SMILES string of the molecule is Cc1ccc(C(=O)Cn2nc(COc3ccc(Br)cc3)n(-c3ccccc3C)c2=S)cc1. The Kier molecular flexibility index (Phi) is 6.67. The fraction of sp³-hybridized carbons (Fsp3) is 0.160. The van der Waals surface area contributed by atoms with Gasteiger partial charge >= 0.3 is 0 Å². The number of carbonyl (C=O) groups is 1. The molecule has 4 aromatic rings. The number of hydrogen-bond donors (Lipinski definition) is 0. The topological polar surface area (TPSA) is 49.1 Å². The Morgan fingerprint density at radius 1 is 1.00 bits per heavy atom. The van der Waals surface area contributed by atoms with Crippen molar-refractivity contribution in [2.75, 3.05) is 0 Å². The summed E-state index contributed by atoms with van der Waals surface area (Å²) in [6.07, 6.45) is 0. The van der Waals surface area contributed by atoms with Crippen molar-refractivity contribution in [2.45, 2.75) is 27.0 Å². The Bertz CT molecular complexity index is 1310. The summed E-state index contributed by atoms with van der Waals surface area (Å²) in [5.74, 6) is 1.31. The minimum atomic E-state index is -0.0455. The molecule has 0 bridgehead atoms. The number of nitrogens with zero attached hydrogens (tertiary/aromatic N) is 3. The van der Waals surface area contributed by atoms with Gasteiger partial charge < -0.3 is 4.74 Å². The molecule has 4 rings (SSSR count). The van der Waals surface area contributed by atoms with Gasteiger partial charge in [-0.05, 0) is 62.0 Å². The zero-order chi connectivity index (χ0) is 22.7. The van der Waals surface area contributed by atoms with Crippen LogP contribution in [0.2, 0.25) is 0 Å². The molecule has 162 valence electrons. The summed E-state index contributed by atoms with van der Waals surface area (Å²) in [4.78, 5) is 12.9. The van der Waals surface area contributed by atoms with E-state index in [0.717, 1.165) is 27.0 Å². The average Bonchev–Trinajstić information content (AvgIpc) is 3.09. The lowest BCUT2D eigenvalue weighted by Crippen LogP contribution is -2.12. The first-order valence-corrected chi connectivity index (χ1v) is 11.4. The molecule has 5 nitrogen and oxygen atoms in total. The molecule has 1 aromatic heterocycles. The van der Waals surface area contributed by atoms with Crippen LogP contribution in [0.5, 0.6) is 5.75 Å². The van der Waals surface area contributed by atoms with Gasteiger partial charge in [-0.15, -0.1) is 0 Å². The maximum Gasteiger partial charge on any atom is 0.203 e. The van der Waals surface area contributed by atoms with Gasteiger partial charge in [-0.25, -0.2) is 4.68 Å². The molecule has 0 fully saturated rings. The normalized spacial score (nSPS) is 10.8. The van der Waals surface area contributed by atoms with Crippen molar-refractivity contribution in [3.63, 3.8) is 0 Å². The van der Waals surface area contributed by atoms with Gasteiger partial charge in [0.05, 0.1) is 5.69 Å². The molecular weight excluding hydrogens is 486 g/mol. The van der Waals surface area contributed by atoms with Crippen LogP contribution in [0.3, 0.4) is 0 Å². The number of halogens is 1. The number of para-hydroxylation sites is 1. The summed E-state index contributed by atoms with van der Waals surface area (Å²) in [5.41, 5.74) is 3.71. The van der Waals surface area contributed by atoms with Crippen LogP contribution in [0.25, 0.3) is 5.69 Å². The van der Waals surface area contributed by atoms with Crippen LogP contribution in [0.4, 0.5) is 0 Å². The number of rotatable bonds is 7. The first-order valence-electron chi connectivity index (χ1n) is 10.2. The third-order valence-electron chi connectivity index (χ3n) is 5.11. The van der Waals surface area contributed by atoms with Crippen molar-refractivity contribution in [1.29, 1.82) is 0 Å². The van der Waals surface area contributed by atoms with E-state index >= 15 is 0 Å². The van der Waals surface area contributed by atoms with Crippen LogP contribution in [0.1, 0.15) is 27.3 Å². The molecule has 0 aliphatic carbocycles. The second kappa shape index (κ2) is 9.63. The van der Waals surface area contributed by atoms with E-state index in [1.165, 1.54) is 0 Å². The summed E-state index contributed by atoms with van der Waals surface area (Å²) in [5, 5.41) is 4.66. The first-order chi connectivity index (χ1) is 15.4. The Morgan fingerprint density at radius 3 is 2.38 bits per heavy atom. The Balaban J connectivity index is 1.68. The molecule has 0 aliphatic rings. The Labute approximate surface area is 200 Å². The predicted octanol–water partition coefficient (Wildman–Crippen LogP) is 6.24. The molecule has 0 unspecified atom stereocenters. The van der Waals surface area contributed by atoms with Crippen molar-refractivity contribution in [1.82, 2.24) is 14.3 Å². The molecule has 0 amide bonds. The minimum Gasteiger partial charge on any atom is -0.486 e. The smallest absolute Gasteiger partial charge is 0.203 e. The minimum absolute atomic E-state index is 0.0455. The van der Waals surface area contributed by atoms with E-state index < -0.39 is 0 Å². The van der Waals surface area contributed by atoms with Crippen LogP contribution >= 0.6 is 28.1 Å². The molecule has 1 heterocycles. The monoisotopic (exact) mass is 507 g/mol. The summed E-state index contributed by atoms with van der Waals surface area (Å²) >= 11 is 9.17. The summed E-state index contributed by atoms with van der Waals surface area (Å²) < 4.78 is 10.9. The lowest BCUT2D eigenvalue weighted by Gasteiger charge is -2.10. The van der Waals surface area contributed by atoms with Crippen LogP contribution in [0, 0.1) is 18.6 Å². The number of ether oxygens (including phenoxy) is 1. The second-order valence-electron chi connectivity index (χ2n) is 7.51. The standard InChI is InChI=1S/C25H22BrN3O2S/c1-17-7-9-19(10-8-17)23(30)15-28-25(32)29(22-6-4-3-5-18(22)2)24(27-28)16-31-21-13-11-20(26)12-14-21/h3-14H,15-16H2,1-2H3. The number of benzene rings is 3. The van der Waals surface area contributed by atoms with Crippen molar-refractivity contribution >= 4 is 33.9 Å². The van der Waals surface area contributed by atoms with Gasteiger partial charge in [-0.1, -0.05) is 64.0 Å². The van der Waals surface area contributed by atoms with Crippen molar-refractivity contribution in [3.8, 4) is 11.4 Å². The maximum atomic E-state index is 12.9. The molecular formula is C25H22BrN3O2S. The fourth-order valence-corrected chi connectivity index (χ4v) is 3.92. The maximum absolute atomic E-state index is 12.9. The molecule has 0 atom stereocenters. The predicted molar refractivity (Wildman–Crippen MR) is 131 cm³/mol. The highest BCUT2D eigenvalue weighted by Crippen LogP contribution is 2.21. The van der Waals surface area contributed by atoms with E-state index in [0.29, 0.717) is 16.2 Å². The molecule has 7 heteroatoms. The Morgan fingerprint density at radius 2 is 1.69 bits per heavy atom. The molecule has 0 saturated carbocycles. The molecule has 0 N–H and O–H groups in total. The summed E-state index contributed by atoms with van der Waals surface area (Å²) in [6.45, 7) is 4.29. The zero-order valence-electron chi connectivity index (χ0n) is 17.8. The third-order valence-corrected chi connectivity index (χ3v) is 6.03. The summed E-state index contributed by atoms with van der Waals surface area (Å²) in [7, 11) is 0. The van der Waals surface area contributed by atoms with Gasteiger partial charge in [-0.3, -0.25) is 9.36 Å². The quantitative estimate of drug-likeness (QED) is 0.219. The van der Waals surface area contributed by atoms with Crippen LogP contribution in [0.15, 0.2) is 77.3 Å². The zero-order valence-corrected chi connectivity index (χ0v) is 20.2. The van der Waals surface area contributed by atoms with Crippen molar-refractivity contribution in [2.24, 2.45) is 0 Å². The van der Waals surface area contributed by atoms with Crippen LogP contribution in [-0.2, 0) is 13.2 Å². The molecule has 0 saturated heterocycles. The third kappa shape index (κ3) is 4.89. The lowest BCUT2D eigenvalue weighted by atomic mass is 10.1. The molecule has 32 heavy (non-hydrogen) atoms. The van der Waals surface area contributed by atoms with E-state index in [-0.39, 0.29) is 18.9 Å². The van der Waals surface area contributed by atoms with Crippen molar-refractivity contribution in [3.05, 3.63) is 105 Å². The first kappa shape index (κ1) is 22.2. The molecule has 0 spiro atoms. The van der Waals surface area contributed by atoms with Gasteiger partial charge in [0, 0.05) is 10.0 Å². The largest absolute Gasteiger partial charge is 0.486 e. The average molecular weight is 508 g/mol. The van der Waals surface area contributed by atoms with Crippen LogP contribution in [-0.4, -0.2) is 20.1 Å². The number of carbonyl (C=O) groups excluding carboxylic acids is 1. The lowest BCUT2D eigenvalue weighted by molar-refractivity contribution is 0.0966. The van der Waals surface area contributed by atoms with E-state index in [2.05, 4.69) is 21.0 Å². The molecule has 0 radical (unpaired) electrons. The number of Topliss-reactive ketones (excluding diaryl/α,β-unsaturated/α-hetero) is 1. The molecule has 0 aliphatic heterocycles. The summed E-state index contributed by atoms with van der Waals surface area (Å²) in [6, 6.07) is 23.1. The number of aryl methyl sites for hydroxylation is 2.